The number of esters is 2. The lowest BCUT2D eigenvalue weighted by Crippen LogP contribution is -2.67. The maximum absolute atomic E-state index is 14.2. The number of phosphoric ester groups is 1. The summed E-state index contributed by atoms with van der Waals surface area (Å²) >= 11 is 0. The molecule has 0 aromatic carbocycles. The lowest BCUT2D eigenvalue weighted by atomic mass is 9.95. The van der Waals surface area contributed by atoms with Crippen molar-refractivity contribution in [1.29, 1.82) is 0 Å². The van der Waals surface area contributed by atoms with Crippen molar-refractivity contribution >= 4 is 31.6 Å². The molecule has 2 aliphatic heterocycles. The molecule has 0 aromatic heterocycles. The first kappa shape index (κ1) is 93.7. The molecule has 0 spiro atoms. The summed E-state index contributed by atoms with van der Waals surface area (Å²) < 4.78 is 47.6. The van der Waals surface area contributed by atoms with E-state index >= 15 is 0 Å². The minimum Gasteiger partial charge on any atom is -0.462 e. The second kappa shape index (κ2) is 59.7. The summed E-state index contributed by atoms with van der Waals surface area (Å²) in [6.45, 7) is 11.8. The fourth-order valence-corrected chi connectivity index (χ4v) is 14.2. The Morgan fingerprint density at radius 3 is 1.22 bits per heavy atom. The molecule has 2 amide bonds. The van der Waals surface area contributed by atoms with Gasteiger partial charge in [0.2, 0.25) is 11.8 Å². The first-order valence-corrected chi connectivity index (χ1v) is 42.3. The largest absolute Gasteiger partial charge is 0.472 e. The lowest BCUT2D eigenvalue weighted by Gasteiger charge is -2.45. The van der Waals surface area contributed by atoms with E-state index in [0.29, 0.717) is 43.9 Å². The summed E-state index contributed by atoms with van der Waals surface area (Å²) in [5.41, 5.74) is 0. The second-order valence-corrected chi connectivity index (χ2v) is 31.7. The molecule has 7 unspecified atom stereocenters. The molecule has 0 aromatic rings. The number of carbonyl (C=O) groups is 4. The molecule has 2 aliphatic rings. The van der Waals surface area contributed by atoms with Gasteiger partial charge in [-0.05, 0) is 43.9 Å². The van der Waals surface area contributed by atoms with Crippen molar-refractivity contribution < 1.29 is 92.4 Å². The third-order valence-corrected chi connectivity index (χ3v) is 20.4. The van der Waals surface area contributed by atoms with E-state index in [9.17, 15) is 64.2 Å². The normalized spacial score (nSPS) is 22.1. The monoisotopic (exact) mass is 1450 g/mol. The van der Waals surface area contributed by atoms with E-state index in [2.05, 4.69) is 52.2 Å². The smallest absolute Gasteiger partial charge is 0.462 e. The zero-order valence-electron chi connectivity index (χ0n) is 63.7. The first-order chi connectivity index (χ1) is 48.1. The average Bonchev–Trinajstić information content (AvgIpc) is 0.790. The van der Waals surface area contributed by atoms with Crippen LogP contribution in [0.5, 0.6) is 0 Å². The minimum atomic E-state index is -5.52. The maximum atomic E-state index is 14.2. The van der Waals surface area contributed by atoms with Crippen molar-refractivity contribution in [2.45, 2.75) is 449 Å². The molecule has 590 valence electrons. The standard InChI is InChI=1S/C78H149N2O19P/c1-7-9-11-13-15-17-19-20-22-30-36-42-48-54-69(86)95-64(53-47-41-35-29-24-26-32-38-44-50-61(5)6)57-68(85)79-71-75(90)73(88)65(58-81)96-77(71)94-59-66-74(89)76(98-70(87)56-63(83)52-46-40-34-27-21-18-16-14-12-10-8-2)72(78(97-66)99-100(91,92)93)80-67(84)55-62(82)51-45-39-33-28-23-25-31-37-43-49-60(3)4/h60-66,71-78,81-83,88-90H,7-59H2,1-6H3,(H,79,85)(H,80,84)(H2,91,92,93)/t62?,63?,64?,65?,66?,71?,72?,73-,74-,75-,76-,77-,78-/m1/s1. The van der Waals surface area contributed by atoms with Crippen LogP contribution in [0.4, 0.5) is 0 Å². The minimum absolute atomic E-state index is 0.193. The van der Waals surface area contributed by atoms with E-state index in [1.165, 1.54) is 161 Å². The second-order valence-electron chi connectivity index (χ2n) is 30.5. The van der Waals surface area contributed by atoms with E-state index < -0.39 is 137 Å². The molecule has 2 heterocycles. The molecular formula is C78H149N2O19P. The fraction of sp³-hybridized carbons (Fsp3) is 0.949. The number of rotatable bonds is 66. The molecule has 100 heavy (non-hydrogen) atoms. The van der Waals surface area contributed by atoms with Gasteiger partial charge >= 0.3 is 19.8 Å². The first-order valence-electron chi connectivity index (χ1n) is 40.7. The highest BCUT2D eigenvalue weighted by atomic mass is 31.2. The third-order valence-electron chi connectivity index (χ3n) is 19.9. The number of hydrogen-bond donors (Lipinski definition) is 10. The Kier molecular flexibility index (Phi) is 56.0. The van der Waals surface area contributed by atoms with Gasteiger partial charge in [0.1, 0.15) is 48.7 Å². The third kappa shape index (κ3) is 48.0. The van der Waals surface area contributed by atoms with Crippen molar-refractivity contribution in [3.8, 4) is 0 Å². The van der Waals surface area contributed by atoms with Crippen LogP contribution in [0.3, 0.4) is 0 Å². The van der Waals surface area contributed by atoms with Crippen LogP contribution < -0.4 is 10.6 Å². The molecule has 0 saturated carbocycles. The molecule has 13 atom stereocenters. The van der Waals surface area contributed by atoms with Crippen LogP contribution in [0.1, 0.15) is 369 Å². The van der Waals surface area contributed by atoms with Gasteiger partial charge in [0.25, 0.3) is 0 Å². The van der Waals surface area contributed by atoms with Crippen molar-refractivity contribution in [2.75, 3.05) is 13.2 Å². The number of carbonyl (C=O) groups excluding carboxylic acids is 4. The van der Waals surface area contributed by atoms with Gasteiger partial charge in [-0.2, -0.15) is 0 Å². The van der Waals surface area contributed by atoms with Crippen LogP contribution >= 0.6 is 7.82 Å². The Morgan fingerprint density at radius 2 is 0.800 bits per heavy atom. The summed E-state index contributed by atoms with van der Waals surface area (Å²) in [6.07, 6.45) is 30.8. The van der Waals surface area contributed by atoms with E-state index in [-0.39, 0.29) is 25.7 Å². The number of aliphatic hydroxyl groups excluding tert-OH is 6. The zero-order valence-corrected chi connectivity index (χ0v) is 64.5. The van der Waals surface area contributed by atoms with E-state index in [0.717, 1.165) is 96.3 Å². The molecule has 21 nitrogen and oxygen atoms in total. The molecule has 22 heteroatoms. The predicted molar refractivity (Wildman–Crippen MR) is 394 cm³/mol. The Balaban J connectivity index is 2.29. The van der Waals surface area contributed by atoms with Gasteiger partial charge in [-0.15, -0.1) is 0 Å². The molecule has 2 rings (SSSR count). The highest BCUT2D eigenvalue weighted by Gasteiger charge is 2.52. The maximum Gasteiger partial charge on any atom is 0.472 e. The molecule has 0 bridgehead atoms. The summed E-state index contributed by atoms with van der Waals surface area (Å²) in [4.78, 5) is 75.7. The number of amides is 2. The average molecular weight is 1450 g/mol. The Hall–Kier alpha value is -2.37. The molecule has 0 aliphatic carbocycles. The van der Waals surface area contributed by atoms with Crippen LogP contribution in [0.2, 0.25) is 0 Å². The number of hydrogen-bond acceptors (Lipinski definition) is 17. The van der Waals surface area contributed by atoms with Gasteiger partial charge in [0, 0.05) is 6.42 Å². The van der Waals surface area contributed by atoms with Gasteiger partial charge < -0.3 is 74.7 Å². The Bertz CT molecular complexity index is 2060. The predicted octanol–water partition coefficient (Wildman–Crippen LogP) is 15.4. The van der Waals surface area contributed by atoms with Gasteiger partial charge in [-0.25, -0.2) is 4.57 Å². The number of nitrogens with one attached hydrogen (secondary N) is 2. The summed E-state index contributed by atoms with van der Waals surface area (Å²) in [7, 11) is -5.52. The van der Waals surface area contributed by atoms with Gasteiger partial charge in [-0.1, -0.05) is 311 Å². The Morgan fingerprint density at radius 1 is 0.430 bits per heavy atom. The van der Waals surface area contributed by atoms with Crippen molar-refractivity contribution in [1.82, 2.24) is 10.6 Å². The summed E-state index contributed by atoms with van der Waals surface area (Å²) in [5.74, 6) is -1.55. The number of phosphoric acid groups is 1. The zero-order chi connectivity index (χ0) is 73.6. The van der Waals surface area contributed by atoms with Crippen molar-refractivity contribution in [3.63, 3.8) is 0 Å². The highest BCUT2D eigenvalue weighted by Crippen LogP contribution is 2.42. The van der Waals surface area contributed by atoms with Gasteiger partial charge in [0.15, 0.2) is 18.7 Å². The molecule has 0 radical (unpaired) electrons. The van der Waals surface area contributed by atoms with Crippen LogP contribution in [0.15, 0.2) is 0 Å². The number of aliphatic hydroxyl groups is 6. The van der Waals surface area contributed by atoms with Crippen LogP contribution in [0.25, 0.3) is 0 Å². The molecular weight excluding hydrogens is 1300 g/mol. The SMILES string of the molecule is CCCCCCCCCCCCCCCC(=O)OC(CCCCCCCCCCCC(C)C)CC(=O)NC1[C@H](OCC2O[C@H](OP(=O)(O)O)C(NC(=O)CC(O)CCCCCCCCCCCC(C)C)[C@@H](OC(=O)CC(O)CCCCCCCCCCCCC)[C@@H]2O)OC(CO)[C@@H](O)[C@@H]1O. The summed E-state index contributed by atoms with van der Waals surface area (Å²) in [5, 5.41) is 72.5. The quantitative estimate of drug-likeness (QED) is 0.0154. The molecule has 2 saturated heterocycles. The van der Waals surface area contributed by atoms with Crippen LogP contribution in [-0.2, 0) is 52.0 Å². The van der Waals surface area contributed by atoms with Crippen LogP contribution in [0, 0.1) is 11.8 Å². The van der Waals surface area contributed by atoms with Crippen LogP contribution in [-0.4, -0.2) is 157 Å². The number of ether oxygens (including phenoxy) is 5. The van der Waals surface area contributed by atoms with Gasteiger partial charge in [0.05, 0.1) is 44.7 Å². The van der Waals surface area contributed by atoms with E-state index in [1.54, 1.807) is 0 Å². The van der Waals surface area contributed by atoms with Crippen molar-refractivity contribution in [2.24, 2.45) is 11.8 Å². The van der Waals surface area contributed by atoms with E-state index in [4.69, 9.17) is 28.2 Å². The molecule has 10 N–H and O–H groups in total. The van der Waals surface area contributed by atoms with Gasteiger partial charge in [-0.3, -0.25) is 23.7 Å². The topological polar surface area (TPSA) is 327 Å². The van der Waals surface area contributed by atoms with Crippen molar-refractivity contribution in [3.05, 3.63) is 0 Å². The summed E-state index contributed by atoms with van der Waals surface area (Å²) in [6, 6.07) is -3.38. The fourth-order valence-electron chi connectivity index (χ4n) is 13.8. The van der Waals surface area contributed by atoms with E-state index in [1.807, 2.05) is 0 Å². The Labute approximate surface area is 605 Å². The number of unbranched alkanes of at least 4 members (excludes halogenated alkanes) is 38. The highest BCUT2D eigenvalue weighted by molar-refractivity contribution is 7.46. The lowest BCUT2D eigenvalue weighted by molar-refractivity contribution is -0.297. The molecule has 2 fully saturated rings.